The Bertz CT molecular complexity index is 747. The average molecular weight is 325 g/mol. The van der Waals surface area contributed by atoms with Gasteiger partial charge < -0.3 is 14.7 Å². The monoisotopic (exact) mass is 325 g/mol. The average Bonchev–Trinajstić information content (AvgIpc) is 2.87. The SMILES string of the molecule is Cc1nc([C@@H]2CCCCCN2C(=O)Nc2ccc(C#N)cc2)no1. The number of aryl methyl sites for hydroxylation is 1. The number of amides is 2. The number of anilines is 1. The third-order valence-corrected chi connectivity index (χ3v) is 4.12. The first kappa shape index (κ1) is 16.0. The minimum atomic E-state index is -0.186. The number of hydrogen-bond donors (Lipinski definition) is 1. The van der Waals surface area contributed by atoms with Crippen molar-refractivity contribution in [2.24, 2.45) is 0 Å². The van der Waals surface area contributed by atoms with Gasteiger partial charge in [0.2, 0.25) is 5.89 Å². The largest absolute Gasteiger partial charge is 0.340 e. The van der Waals surface area contributed by atoms with Crippen molar-refractivity contribution in [1.29, 1.82) is 5.26 Å². The first-order valence-electron chi connectivity index (χ1n) is 8.05. The van der Waals surface area contributed by atoms with Crippen LogP contribution >= 0.6 is 0 Å². The molecule has 2 aromatic rings. The van der Waals surface area contributed by atoms with Crippen LogP contribution in [0.4, 0.5) is 10.5 Å². The van der Waals surface area contributed by atoms with E-state index in [4.69, 9.17) is 9.78 Å². The van der Waals surface area contributed by atoms with Crippen molar-refractivity contribution in [3.63, 3.8) is 0 Å². The standard InChI is InChI=1S/C17H19N5O2/c1-12-19-16(21-24-12)15-5-3-2-4-10-22(15)17(23)20-14-8-6-13(11-18)7-9-14/h6-9,15H,2-5,10H2,1H3,(H,20,23)/t15-/m0/s1. The number of likely N-dealkylation sites (tertiary alicyclic amines) is 1. The van der Waals surface area contributed by atoms with E-state index >= 15 is 0 Å². The zero-order valence-corrected chi connectivity index (χ0v) is 13.5. The quantitative estimate of drug-likeness (QED) is 0.913. The molecule has 3 rings (SSSR count). The van der Waals surface area contributed by atoms with Gasteiger partial charge in [-0.1, -0.05) is 18.0 Å². The van der Waals surface area contributed by atoms with E-state index in [-0.39, 0.29) is 12.1 Å². The van der Waals surface area contributed by atoms with Crippen molar-refractivity contribution >= 4 is 11.7 Å². The third-order valence-electron chi connectivity index (χ3n) is 4.12. The zero-order chi connectivity index (χ0) is 16.9. The van der Waals surface area contributed by atoms with Crippen molar-refractivity contribution in [3.05, 3.63) is 41.5 Å². The highest BCUT2D eigenvalue weighted by Gasteiger charge is 2.30. The maximum Gasteiger partial charge on any atom is 0.322 e. The van der Waals surface area contributed by atoms with E-state index in [2.05, 4.69) is 21.5 Å². The lowest BCUT2D eigenvalue weighted by Crippen LogP contribution is -2.38. The molecule has 1 aromatic carbocycles. The molecule has 0 radical (unpaired) electrons. The van der Waals surface area contributed by atoms with E-state index < -0.39 is 0 Å². The summed E-state index contributed by atoms with van der Waals surface area (Å²) < 4.78 is 5.08. The first-order chi connectivity index (χ1) is 11.7. The lowest BCUT2D eigenvalue weighted by molar-refractivity contribution is 0.184. The Labute approximate surface area is 140 Å². The van der Waals surface area contributed by atoms with Crippen LogP contribution in [0, 0.1) is 18.3 Å². The van der Waals surface area contributed by atoms with Crippen LogP contribution in [0.1, 0.15) is 49.0 Å². The van der Waals surface area contributed by atoms with Gasteiger partial charge in [0, 0.05) is 19.2 Å². The molecule has 1 atom stereocenters. The molecule has 1 aliphatic heterocycles. The van der Waals surface area contributed by atoms with Gasteiger partial charge in [-0.15, -0.1) is 0 Å². The molecule has 24 heavy (non-hydrogen) atoms. The van der Waals surface area contributed by atoms with Crippen molar-refractivity contribution in [3.8, 4) is 6.07 Å². The van der Waals surface area contributed by atoms with E-state index in [1.165, 1.54) is 0 Å². The predicted octanol–water partition coefficient (Wildman–Crippen LogP) is 3.40. The summed E-state index contributed by atoms with van der Waals surface area (Å²) in [6.07, 6.45) is 3.88. The summed E-state index contributed by atoms with van der Waals surface area (Å²) in [5.41, 5.74) is 1.22. The van der Waals surface area contributed by atoms with Crippen molar-refractivity contribution < 1.29 is 9.32 Å². The number of benzene rings is 1. The first-order valence-corrected chi connectivity index (χ1v) is 8.05. The Kier molecular flexibility index (Phi) is 4.75. The highest BCUT2D eigenvalue weighted by atomic mass is 16.5. The molecule has 7 nitrogen and oxygen atoms in total. The third kappa shape index (κ3) is 3.54. The second-order valence-electron chi connectivity index (χ2n) is 5.85. The molecule has 0 saturated carbocycles. The summed E-state index contributed by atoms with van der Waals surface area (Å²) in [5, 5.41) is 15.7. The van der Waals surface area contributed by atoms with Crippen LogP contribution in [0.25, 0.3) is 0 Å². The van der Waals surface area contributed by atoms with Gasteiger partial charge in [-0.05, 0) is 37.1 Å². The molecule has 1 aliphatic rings. The summed E-state index contributed by atoms with van der Waals surface area (Å²) in [5.74, 6) is 1.06. The van der Waals surface area contributed by atoms with Gasteiger partial charge in [0.1, 0.15) is 0 Å². The maximum absolute atomic E-state index is 12.7. The molecule has 2 heterocycles. The van der Waals surface area contributed by atoms with Crippen LogP contribution in [0.5, 0.6) is 0 Å². The minimum absolute atomic E-state index is 0.177. The van der Waals surface area contributed by atoms with Gasteiger partial charge in [-0.3, -0.25) is 0 Å². The fourth-order valence-electron chi connectivity index (χ4n) is 2.89. The molecular formula is C17H19N5O2. The number of rotatable bonds is 2. The molecule has 0 aliphatic carbocycles. The normalized spacial score (nSPS) is 17.8. The van der Waals surface area contributed by atoms with Gasteiger partial charge in [-0.2, -0.15) is 10.2 Å². The molecule has 1 aromatic heterocycles. The predicted molar refractivity (Wildman–Crippen MR) is 87.1 cm³/mol. The van der Waals surface area contributed by atoms with E-state index in [1.807, 2.05) is 0 Å². The summed E-state index contributed by atoms with van der Waals surface area (Å²) >= 11 is 0. The molecule has 7 heteroatoms. The topological polar surface area (TPSA) is 95.1 Å². The highest BCUT2D eigenvalue weighted by molar-refractivity contribution is 5.89. The minimum Gasteiger partial charge on any atom is -0.340 e. The maximum atomic E-state index is 12.7. The van der Waals surface area contributed by atoms with Crippen LogP contribution in [-0.2, 0) is 0 Å². The fraction of sp³-hybridized carbons (Fsp3) is 0.412. The summed E-state index contributed by atoms with van der Waals surface area (Å²) in [4.78, 5) is 18.8. The molecule has 0 bridgehead atoms. The Balaban J connectivity index is 1.77. The molecule has 124 valence electrons. The van der Waals surface area contributed by atoms with E-state index in [9.17, 15) is 4.79 Å². The second kappa shape index (κ2) is 7.13. The number of carbonyl (C=O) groups is 1. The molecule has 2 amide bonds. The Hall–Kier alpha value is -2.88. The smallest absolute Gasteiger partial charge is 0.322 e. The molecule has 1 fully saturated rings. The number of aromatic nitrogens is 2. The highest BCUT2D eigenvalue weighted by Crippen LogP contribution is 2.29. The number of hydrogen-bond acceptors (Lipinski definition) is 5. The zero-order valence-electron chi connectivity index (χ0n) is 13.5. The lowest BCUT2D eigenvalue weighted by Gasteiger charge is -2.28. The number of urea groups is 1. The van der Waals surface area contributed by atoms with Crippen LogP contribution in [0.2, 0.25) is 0 Å². The fourth-order valence-corrected chi connectivity index (χ4v) is 2.89. The van der Waals surface area contributed by atoms with Gasteiger partial charge >= 0.3 is 6.03 Å². The van der Waals surface area contributed by atoms with E-state index in [0.717, 1.165) is 25.7 Å². The molecule has 1 saturated heterocycles. The summed E-state index contributed by atoms with van der Waals surface area (Å²) in [6.45, 7) is 2.40. The Morgan fingerprint density at radius 2 is 2.12 bits per heavy atom. The number of nitrogens with zero attached hydrogens (tertiary/aromatic N) is 4. The van der Waals surface area contributed by atoms with E-state index in [1.54, 1.807) is 36.1 Å². The van der Waals surface area contributed by atoms with Crippen molar-refractivity contribution in [2.75, 3.05) is 11.9 Å². The Morgan fingerprint density at radius 1 is 1.33 bits per heavy atom. The molecule has 0 unspecified atom stereocenters. The second-order valence-corrected chi connectivity index (χ2v) is 5.85. The molecular weight excluding hydrogens is 306 g/mol. The van der Waals surface area contributed by atoms with E-state index in [0.29, 0.717) is 29.5 Å². The van der Waals surface area contributed by atoms with Crippen LogP contribution in [0.15, 0.2) is 28.8 Å². The van der Waals surface area contributed by atoms with Gasteiger partial charge in [0.05, 0.1) is 17.7 Å². The summed E-state index contributed by atoms with van der Waals surface area (Å²) in [7, 11) is 0. The van der Waals surface area contributed by atoms with Crippen LogP contribution in [-0.4, -0.2) is 27.6 Å². The molecule has 1 N–H and O–H groups in total. The Morgan fingerprint density at radius 3 is 2.79 bits per heavy atom. The lowest BCUT2D eigenvalue weighted by atomic mass is 10.1. The van der Waals surface area contributed by atoms with Crippen LogP contribution in [0.3, 0.4) is 0 Å². The van der Waals surface area contributed by atoms with Gasteiger partial charge in [-0.25, -0.2) is 4.79 Å². The van der Waals surface area contributed by atoms with Crippen LogP contribution < -0.4 is 5.32 Å². The molecule has 0 spiro atoms. The van der Waals surface area contributed by atoms with Gasteiger partial charge in [0.15, 0.2) is 5.82 Å². The number of nitrogens with one attached hydrogen (secondary N) is 1. The van der Waals surface area contributed by atoms with Crippen molar-refractivity contribution in [2.45, 2.75) is 38.6 Å². The summed E-state index contributed by atoms with van der Waals surface area (Å²) in [6, 6.07) is 8.50. The van der Waals surface area contributed by atoms with Gasteiger partial charge in [0.25, 0.3) is 0 Å². The van der Waals surface area contributed by atoms with Crippen molar-refractivity contribution in [1.82, 2.24) is 15.0 Å². The number of nitriles is 1. The number of carbonyl (C=O) groups excluding carboxylic acids is 1.